The number of hydrogen-bond acceptors (Lipinski definition) is 16. The lowest BCUT2D eigenvalue weighted by molar-refractivity contribution is -0.322. The summed E-state index contributed by atoms with van der Waals surface area (Å²) >= 11 is 0. The van der Waals surface area contributed by atoms with Crippen molar-refractivity contribution in [2.45, 2.75) is 82.8 Å². The van der Waals surface area contributed by atoms with Crippen LogP contribution < -0.4 is 0 Å². The first-order valence-corrected chi connectivity index (χ1v) is 15.6. The smallest absolute Gasteiger partial charge is 0.338 e. The second kappa shape index (κ2) is 17.7. The van der Waals surface area contributed by atoms with E-state index in [1.165, 1.54) is 24.3 Å². The van der Waals surface area contributed by atoms with Gasteiger partial charge in [-0.05, 0) is 24.3 Å². The van der Waals surface area contributed by atoms with E-state index in [2.05, 4.69) is 0 Å². The molecule has 270 valence electrons. The fourth-order valence-electron chi connectivity index (χ4n) is 5.34. The van der Waals surface area contributed by atoms with Gasteiger partial charge in [0.2, 0.25) is 0 Å². The molecule has 0 aliphatic carbocycles. The molecule has 2 aliphatic rings. The van der Waals surface area contributed by atoms with Crippen molar-refractivity contribution in [2.24, 2.45) is 0 Å². The van der Waals surface area contributed by atoms with Crippen LogP contribution in [0.15, 0.2) is 60.7 Å². The van der Waals surface area contributed by atoms with Crippen LogP contribution in [0.2, 0.25) is 0 Å². The largest absolute Gasteiger partial charge is 0.463 e. The normalized spacial score (nSPS) is 27.3. The van der Waals surface area contributed by atoms with Crippen molar-refractivity contribution in [3.63, 3.8) is 0 Å². The third kappa shape index (κ3) is 10.3. The highest BCUT2D eigenvalue weighted by Gasteiger charge is 2.56. The Morgan fingerprint density at radius 2 is 0.980 bits per heavy atom. The number of aliphatic hydroxyl groups is 1. The molecule has 2 aliphatic heterocycles. The molecule has 2 fully saturated rings. The van der Waals surface area contributed by atoms with Crippen LogP contribution in [0.4, 0.5) is 0 Å². The van der Waals surface area contributed by atoms with Crippen molar-refractivity contribution in [3.8, 4) is 0 Å². The minimum Gasteiger partial charge on any atom is -0.463 e. The molecular formula is C34H38O16. The van der Waals surface area contributed by atoms with Gasteiger partial charge in [0.25, 0.3) is 0 Å². The van der Waals surface area contributed by atoms with Gasteiger partial charge in [-0.1, -0.05) is 36.4 Å². The standard InChI is InChI=1S/C34H38O16/c1-18(35)42-16-26-29(45-19(2)36)30(46-20(3)37)31(47-21(4)38)34(49-26)50-28-25(17-44-33(41)23-13-9-6-10-14-23)48-24(27(28)39)15-43-32(40)22-11-7-5-8-12-22/h5-14,24-31,34,39H,15-17H2,1-4H3/t24-,25-,26-,27-,28-,29-,30+,31-,34+/m1/s1. The summed E-state index contributed by atoms with van der Waals surface area (Å²) in [6, 6.07) is 16.1. The fourth-order valence-corrected chi connectivity index (χ4v) is 5.34. The number of rotatable bonds is 13. The van der Waals surface area contributed by atoms with Gasteiger partial charge < -0.3 is 47.7 Å². The third-order valence-electron chi connectivity index (χ3n) is 7.45. The highest BCUT2D eigenvalue weighted by molar-refractivity contribution is 5.89. The number of carbonyl (C=O) groups excluding carboxylic acids is 6. The predicted molar refractivity (Wildman–Crippen MR) is 165 cm³/mol. The Morgan fingerprint density at radius 1 is 0.540 bits per heavy atom. The van der Waals surface area contributed by atoms with Crippen LogP contribution in [0.25, 0.3) is 0 Å². The maximum Gasteiger partial charge on any atom is 0.338 e. The van der Waals surface area contributed by atoms with Gasteiger partial charge in [-0.25, -0.2) is 9.59 Å². The summed E-state index contributed by atoms with van der Waals surface area (Å²) in [5.74, 6) is -4.67. The van der Waals surface area contributed by atoms with E-state index in [1.807, 2.05) is 0 Å². The summed E-state index contributed by atoms with van der Waals surface area (Å²) in [6.07, 6.45) is -13.0. The Kier molecular flexibility index (Phi) is 13.4. The highest BCUT2D eigenvalue weighted by Crippen LogP contribution is 2.34. The quantitative estimate of drug-likeness (QED) is 0.231. The molecule has 50 heavy (non-hydrogen) atoms. The Labute approximate surface area is 286 Å². The first kappa shape index (κ1) is 37.9. The zero-order chi connectivity index (χ0) is 36.4. The molecule has 16 nitrogen and oxygen atoms in total. The molecule has 0 radical (unpaired) electrons. The van der Waals surface area contributed by atoms with Crippen molar-refractivity contribution in [3.05, 3.63) is 71.8 Å². The summed E-state index contributed by atoms with van der Waals surface area (Å²) < 4.78 is 50.4. The van der Waals surface area contributed by atoms with Gasteiger partial charge in [-0.3, -0.25) is 19.2 Å². The summed E-state index contributed by atoms with van der Waals surface area (Å²) in [4.78, 5) is 73.7. The molecular weight excluding hydrogens is 664 g/mol. The molecule has 0 spiro atoms. The number of aliphatic hydroxyl groups excluding tert-OH is 1. The molecule has 2 aromatic carbocycles. The van der Waals surface area contributed by atoms with Gasteiger partial charge in [-0.15, -0.1) is 0 Å². The van der Waals surface area contributed by atoms with Crippen molar-refractivity contribution < 1.29 is 76.5 Å². The summed E-state index contributed by atoms with van der Waals surface area (Å²) in [7, 11) is 0. The van der Waals surface area contributed by atoms with Crippen molar-refractivity contribution in [1.82, 2.24) is 0 Å². The van der Waals surface area contributed by atoms with E-state index in [1.54, 1.807) is 36.4 Å². The average molecular weight is 703 g/mol. The summed E-state index contributed by atoms with van der Waals surface area (Å²) in [5.41, 5.74) is 0.482. The third-order valence-corrected chi connectivity index (χ3v) is 7.45. The first-order valence-electron chi connectivity index (χ1n) is 15.6. The van der Waals surface area contributed by atoms with Crippen LogP contribution in [-0.2, 0) is 61.8 Å². The molecule has 0 bridgehead atoms. The number of hydrogen-bond donors (Lipinski definition) is 1. The minimum atomic E-state index is -1.68. The lowest BCUT2D eigenvalue weighted by atomic mass is 9.97. The molecule has 0 unspecified atom stereocenters. The maximum atomic E-state index is 12.8. The van der Waals surface area contributed by atoms with E-state index in [0.717, 1.165) is 27.7 Å². The molecule has 16 heteroatoms. The maximum absolute atomic E-state index is 12.8. The average Bonchev–Trinajstić information content (AvgIpc) is 3.37. The zero-order valence-electron chi connectivity index (χ0n) is 27.7. The van der Waals surface area contributed by atoms with Crippen molar-refractivity contribution in [1.29, 1.82) is 0 Å². The van der Waals surface area contributed by atoms with E-state index in [9.17, 15) is 33.9 Å². The molecule has 4 rings (SSSR count). The van der Waals surface area contributed by atoms with E-state index >= 15 is 0 Å². The summed E-state index contributed by atoms with van der Waals surface area (Å²) in [6.45, 7) is 2.90. The van der Waals surface area contributed by atoms with Crippen LogP contribution in [0, 0.1) is 0 Å². The second-order valence-corrected chi connectivity index (χ2v) is 11.3. The first-order chi connectivity index (χ1) is 23.8. The Bertz CT molecular complexity index is 1500. The molecule has 0 saturated carbocycles. The van der Waals surface area contributed by atoms with Crippen molar-refractivity contribution in [2.75, 3.05) is 19.8 Å². The predicted octanol–water partition coefficient (Wildman–Crippen LogP) is 1.30. The van der Waals surface area contributed by atoms with Crippen LogP contribution >= 0.6 is 0 Å². The lowest BCUT2D eigenvalue weighted by Crippen LogP contribution is -2.64. The number of benzene rings is 2. The molecule has 2 heterocycles. The molecule has 0 aromatic heterocycles. The van der Waals surface area contributed by atoms with Gasteiger partial charge in [0.1, 0.15) is 50.3 Å². The lowest BCUT2D eigenvalue weighted by Gasteiger charge is -2.45. The Hall–Kier alpha value is -4.90. The van der Waals surface area contributed by atoms with Gasteiger partial charge >= 0.3 is 35.8 Å². The van der Waals surface area contributed by atoms with E-state index < -0.39 is 111 Å². The van der Waals surface area contributed by atoms with E-state index in [-0.39, 0.29) is 11.1 Å². The molecule has 1 N–H and O–H groups in total. The van der Waals surface area contributed by atoms with Gasteiger partial charge in [0.05, 0.1) is 11.1 Å². The highest BCUT2D eigenvalue weighted by atomic mass is 16.8. The SMILES string of the molecule is CC(=O)OC[C@H]1O[C@@H](O[C@H]2[C@H](O)[C@@H](COC(=O)c3ccccc3)O[C@@H]2COC(=O)c2ccccc2)[C@H](OC(C)=O)[C@@H](OC(C)=O)[C@@H]1OC(C)=O. The van der Waals surface area contributed by atoms with Crippen LogP contribution in [0.1, 0.15) is 48.4 Å². The number of ether oxygens (including phenoxy) is 9. The zero-order valence-corrected chi connectivity index (χ0v) is 27.7. The van der Waals surface area contributed by atoms with Crippen LogP contribution in [-0.4, -0.2) is 116 Å². The fraction of sp³-hybridized carbons (Fsp3) is 0.471. The van der Waals surface area contributed by atoms with Gasteiger partial charge in [-0.2, -0.15) is 0 Å². The molecule has 2 aromatic rings. The Morgan fingerprint density at radius 3 is 1.48 bits per heavy atom. The van der Waals surface area contributed by atoms with E-state index in [0.29, 0.717) is 0 Å². The van der Waals surface area contributed by atoms with Crippen LogP contribution in [0.5, 0.6) is 0 Å². The number of carbonyl (C=O) groups is 6. The Balaban J connectivity index is 1.63. The molecule has 0 amide bonds. The van der Waals surface area contributed by atoms with E-state index in [4.69, 9.17) is 42.6 Å². The second-order valence-electron chi connectivity index (χ2n) is 11.3. The van der Waals surface area contributed by atoms with Gasteiger partial charge in [0.15, 0.2) is 24.6 Å². The minimum absolute atomic E-state index is 0.233. The monoisotopic (exact) mass is 702 g/mol. The summed E-state index contributed by atoms with van der Waals surface area (Å²) in [5, 5.41) is 11.4. The number of esters is 6. The van der Waals surface area contributed by atoms with Crippen molar-refractivity contribution >= 4 is 35.8 Å². The molecule has 2 saturated heterocycles. The van der Waals surface area contributed by atoms with Crippen LogP contribution in [0.3, 0.4) is 0 Å². The molecule has 9 atom stereocenters. The topological polar surface area (TPSA) is 206 Å². The van der Waals surface area contributed by atoms with Gasteiger partial charge in [0, 0.05) is 27.7 Å².